The third-order valence-electron chi connectivity index (χ3n) is 3.20. The van der Waals surface area contributed by atoms with Crippen molar-refractivity contribution in [3.8, 4) is 5.75 Å². The summed E-state index contributed by atoms with van der Waals surface area (Å²) < 4.78 is 24.6. The maximum atomic E-state index is 13.0. The molecule has 0 N–H and O–H groups in total. The Morgan fingerprint density at radius 1 is 1.26 bits per heavy atom. The van der Waals surface area contributed by atoms with Crippen LogP contribution < -0.4 is 4.74 Å². The number of hydrogen-bond acceptors (Lipinski definition) is 2. The number of benzene rings is 1. The van der Waals surface area contributed by atoms with Crippen LogP contribution in [0.5, 0.6) is 5.75 Å². The lowest BCUT2D eigenvalue weighted by atomic mass is 10.2. The first-order valence-corrected chi connectivity index (χ1v) is 9.58. The Hall–Kier alpha value is -0.393. The molecule has 19 heavy (non-hydrogen) atoms. The van der Waals surface area contributed by atoms with Gasteiger partial charge in [0.2, 0.25) is 0 Å². The summed E-state index contributed by atoms with van der Waals surface area (Å²) in [6, 6.07) is 4.62. The minimum absolute atomic E-state index is 0.267. The van der Waals surface area contributed by atoms with Crippen LogP contribution in [0.1, 0.15) is 13.8 Å². The fourth-order valence-corrected chi connectivity index (χ4v) is 2.01. The zero-order valence-corrected chi connectivity index (χ0v) is 14.5. The van der Waals surface area contributed by atoms with Crippen LogP contribution in [0.4, 0.5) is 4.39 Å². The molecule has 0 aliphatic carbocycles. The highest BCUT2D eigenvalue weighted by molar-refractivity contribution is 9.10. The molecular formula is C14H21BrFO2Si. The maximum absolute atomic E-state index is 13.0. The summed E-state index contributed by atoms with van der Waals surface area (Å²) in [7, 11) is -0.373. The van der Waals surface area contributed by atoms with E-state index in [1.807, 2.05) is 0 Å². The molecule has 107 valence electrons. The van der Waals surface area contributed by atoms with E-state index in [0.717, 1.165) is 6.61 Å². The molecule has 1 aromatic rings. The van der Waals surface area contributed by atoms with E-state index in [1.54, 1.807) is 12.1 Å². The van der Waals surface area contributed by atoms with Gasteiger partial charge in [-0.2, -0.15) is 0 Å². The van der Waals surface area contributed by atoms with Gasteiger partial charge in [-0.3, -0.25) is 0 Å². The Kier molecular flexibility index (Phi) is 6.49. The van der Waals surface area contributed by atoms with Gasteiger partial charge in [0.05, 0.1) is 19.9 Å². The molecule has 0 spiro atoms. The Morgan fingerprint density at radius 3 is 2.53 bits per heavy atom. The van der Waals surface area contributed by atoms with Gasteiger partial charge in [0.1, 0.15) is 18.2 Å². The Bertz CT molecular complexity index is 410. The second-order valence-electron chi connectivity index (χ2n) is 5.36. The first-order chi connectivity index (χ1) is 8.83. The standard InChI is InChI=1S/C14H21BrFO2Si/c1-14(2,19(3)4)10-17-7-8-18-11-5-6-13(16)12(15)9-11/h5-6,9H,7-8,10H2,1-4H3. The van der Waals surface area contributed by atoms with Gasteiger partial charge in [0.25, 0.3) is 0 Å². The molecule has 1 aromatic carbocycles. The fourth-order valence-electron chi connectivity index (χ4n) is 1.26. The molecule has 1 rings (SSSR count). The molecule has 0 amide bonds. The first-order valence-electron chi connectivity index (χ1n) is 6.29. The quantitative estimate of drug-likeness (QED) is 0.533. The molecule has 0 bridgehead atoms. The zero-order valence-electron chi connectivity index (χ0n) is 11.9. The van der Waals surface area contributed by atoms with Crippen LogP contribution in [0.25, 0.3) is 0 Å². The predicted octanol–water partition coefficient (Wildman–Crippen LogP) is 4.52. The lowest BCUT2D eigenvalue weighted by Gasteiger charge is -2.27. The van der Waals surface area contributed by atoms with E-state index in [9.17, 15) is 4.39 Å². The van der Waals surface area contributed by atoms with E-state index >= 15 is 0 Å². The molecule has 0 heterocycles. The van der Waals surface area contributed by atoms with Crippen molar-refractivity contribution in [1.82, 2.24) is 0 Å². The highest BCUT2D eigenvalue weighted by Gasteiger charge is 2.23. The van der Waals surface area contributed by atoms with Crippen molar-refractivity contribution in [3.63, 3.8) is 0 Å². The van der Waals surface area contributed by atoms with E-state index in [1.165, 1.54) is 6.07 Å². The summed E-state index contributed by atoms with van der Waals surface area (Å²) >= 11 is 3.13. The Balaban J connectivity index is 2.26. The number of halogens is 2. The van der Waals surface area contributed by atoms with E-state index < -0.39 is 0 Å². The van der Waals surface area contributed by atoms with Gasteiger partial charge in [-0.25, -0.2) is 4.39 Å². The smallest absolute Gasteiger partial charge is 0.137 e. The van der Waals surface area contributed by atoms with E-state index in [0.29, 0.717) is 23.4 Å². The summed E-state index contributed by atoms with van der Waals surface area (Å²) in [6.07, 6.45) is 0. The van der Waals surface area contributed by atoms with Gasteiger partial charge in [0, 0.05) is 6.61 Å². The molecule has 2 nitrogen and oxygen atoms in total. The minimum atomic E-state index is -0.373. The third kappa shape index (κ3) is 5.63. The van der Waals surface area contributed by atoms with Crippen molar-refractivity contribution in [2.45, 2.75) is 32.0 Å². The molecule has 5 heteroatoms. The summed E-state index contributed by atoms with van der Waals surface area (Å²) in [4.78, 5) is 0. The van der Waals surface area contributed by atoms with E-state index in [4.69, 9.17) is 9.47 Å². The van der Waals surface area contributed by atoms with Gasteiger partial charge in [-0.15, -0.1) is 0 Å². The monoisotopic (exact) mass is 347 g/mol. The maximum Gasteiger partial charge on any atom is 0.137 e. The molecule has 0 saturated carbocycles. The van der Waals surface area contributed by atoms with Crippen LogP contribution >= 0.6 is 15.9 Å². The lowest BCUT2D eigenvalue weighted by molar-refractivity contribution is 0.0847. The van der Waals surface area contributed by atoms with Crippen LogP contribution in [-0.4, -0.2) is 28.6 Å². The molecule has 0 unspecified atom stereocenters. The number of ether oxygens (including phenoxy) is 2. The van der Waals surface area contributed by atoms with Gasteiger partial charge in [-0.05, 0) is 39.2 Å². The average Bonchev–Trinajstić information content (AvgIpc) is 2.33. The Labute approximate surface area is 125 Å². The molecule has 0 fully saturated rings. The average molecular weight is 348 g/mol. The third-order valence-corrected chi connectivity index (χ3v) is 6.66. The second kappa shape index (κ2) is 7.41. The molecular weight excluding hydrogens is 327 g/mol. The van der Waals surface area contributed by atoms with Crippen molar-refractivity contribution in [1.29, 1.82) is 0 Å². The van der Waals surface area contributed by atoms with Crippen molar-refractivity contribution in [2.24, 2.45) is 0 Å². The molecule has 0 atom stereocenters. The molecule has 0 aliphatic heterocycles. The highest BCUT2D eigenvalue weighted by Crippen LogP contribution is 2.28. The van der Waals surface area contributed by atoms with Gasteiger partial charge in [0.15, 0.2) is 0 Å². The van der Waals surface area contributed by atoms with E-state index in [-0.39, 0.29) is 19.7 Å². The van der Waals surface area contributed by atoms with E-state index in [2.05, 4.69) is 42.9 Å². The molecule has 0 aromatic heterocycles. The summed E-state index contributed by atoms with van der Waals surface area (Å²) in [5.74, 6) is 0.359. The molecule has 1 radical (unpaired) electrons. The zero-order chi connectivity index (χ0) is 14.5. The van der Waals surface area contributed by atoms with Gasteiger partial charge < -0.3 is 9.47 Å². The van der Waals surface area contributed by atoms with Crippen LogP contribution in [-0.2, 0) is 4.74 Å². The topological polar surface area (TPSA) is 18.5 Å². The van der Waals surface area contributed by atoms with Crippen molar-refractivity contribution >= 4 is 24.7 Å². The first kappa shape index (κ1) is 16.7. The van der Waals surface area contributed by atoms with Crippen LogP contribution in [0, 0.1) is 5.82 Å². The van der Waals surface area contributed by atoms with Crippen LogP contribution in [0.15, 0.2) is 22.7 Å². The summed E-state index contributed by atoms with van der Waals surface area (Å²) in [5.41, 5.74) is 0. The van der Waals surface area contributed by atoms with Gasteiger partial charge in [-0.1, -0.05) is 26.9 Å². The summed E-state index contributed by atoms with van der Waals surface area (Å²) in [5, 5.41) is 0.267. The lowest BCUT2D eigenvalue weighted by Crippen LogP contribution is -2.27. The van der Waals surface area contributed by atoms with Crippen molar-refractivity contribution < 1.29 is 13.9 Å². The number of hydrogen-bond donors (Lipinski definition) is 0. The normalized spacial score (nSPS) is 11.9. The largest absolute Gasteiger partial charge is 0.491 e. The highest BCUT2D eigenvalue weighted by atomic mass is 79.9. The fraction of sp³-hybridized carbons (Fsp3) is 0.571. The van der Waals surface area contributed by atoms with Crippen LogP contribution in [0.2, 0.25) is 18.1 Å². The van der Waals surface area contributed by atoms with Crippen molar-refractivity contribution in [2.75, 3.05) is 19.8 Å². The molecule has 0 aliphatic rings. The predicted molar refractivity (Wildman–Crippen MR) is 81.9 cm³/mol. The summed E-state index contributed by atoms with van der Waals surface area (Å²) in [6.45, 7) is 10.8. The number of rotatable bonds is 7. The van der Waals surface area contributed by atoms with Crippen LogP contribution in [0.3, 0.4) is 0 Å². The van der Waals surface area contributed by atoms with Gasteiger partial charge >= 0.3 is 0 Å². The second-order valence-corrected chi connectivity index (χ2v) is 9.57. The minimum Gasteiger partial charge on any atom is -0.491 e. The van der Waals surface area contributed by atoms with Crippen molar-refractivity contribution in [3.05, 3.63) is 28.5 Å². The SMILES string of the molecule is C[Si](C)C(C)(C)COCCOc1ccc(F)c(Br)c1. The molecule has 0 saturated heterocycles. The Morgan fingerprint density at radius 2 is 1.95 bits per heavy atom.